The van der Waals surface area contributed by atoms with Crippen molar-refractivity contribution in [1.82, 2.24) is 5.32 Å². The molecule has 2 heteroatoms. The molecular weight excluding hydrogens is 250 g/mol. The third-order valence-corrected chi connectivity index (χ3v) is 5.16. The molecule has 0 aromatic heterocycles. The summed E-state index contributed by atoms with van der Waals surface area (Å²) in [6.45, 7) is 5.62. The maximum absolute atomic E-state index is 3.77. The number of hydrogen-bond acceptors (Lipinski definition) is 2. The molecule has 0 radical (unpaired) electrons. The predicted molar refractivity (Wildman–Crippen MR) is 86.9 cm³/mol. The zero-order chi connectivity index (χ0) is 13.5. The molecule has 0 amide bonds. The Morgan fingerprint density at radius 3 is 2.68 bits per heavy atom. The molecule has 1 aromatic rings. The van der Waals surface area contributed by atoms with Crippen molar-refractivity contribution in [3.63, 3.8) is 0 Å². The van der Waals surface area contributed by atoms with Gasteiger partial charge in [-0.2, -0.15) is 11.8 Å². The lowest BCUT2D eigenvalue weighted by molar-refractivity contribution is 0.369. The Hall–Kier alpha value is -0.470. The molecule has 2 rings (SSSR count). The largest absolute Gasteiger partial charge is 0.310 e. The summed E-state index contributed by atoms with van der Waals surface area (Å²) in [4.78, 5) is 0. The van der Waals surface area contributed by atoms with Gasteiger partial charge in [0.1, 0.15) is 0 Å². The molecule has 1 unspecified atom stereocenters. The van der Waals surface area contributed by atoms with Crippen LogP contribution in [0.2, 0.25) is 0 Å². The van der Waals surface area contributed by atoms with Crippen LogP contribution in [0.4, 0.5) is 0 Å². The van der Waals surface area contributed by atoms with Gasteiger partial charge in [-0.05, 0) is 67.7 Å². The van der Waals surface area contributed by atoms with Gasteiger partial charge in [0, 0.05) is 6.04 Å². The Bertz CT molecular complexity index is 371. The van der Waals surface area contributed by atoms with E-state index >= 15 is 0 Å². The van der Waals surface area contributed by atoms with Gasteiger partial charge >= 0.3 is 0 Å². The maximum Gasteiger partial charge on any atom is 0.0325 e. The molecule has 1 aromatic carbocycles. The molecular formula is C17H27NS. The van der Waals surface area contributed by atoms with Gasteiger partial charge in [0.25, 0.3) is 0 Å². The highest BCUT2D eigenvalue weighted by atomic mass is 32.2. The van der Waals surface area contributed by atoms with Crippen LogP contribution < -0.4 is 5.32 Å². The molecule has 0 spiro atoms. The average Bonchev–Trinajstić information content (AvgIpc) is 2.45. The lowest BCUT2D eigenvalue weighted by atomic mass is 9.89. The first-order valence-electron chi connectivity index (χ1n) is 7.68. The van der Waals surface area contributed by atoms with E-state index in [-0.39, 0.29) is 0 Å². The van der Waals surface area contributed by atoms with Crippen molar-refractivity contribution in [2.24, 2.45) is 5.92 Å². The topological polar surface area (TPSA) is 12.0 Å². The van der Waals surface area contributed by atoms with Crippen LogP contribution in [0.3, 0.4) is 0 Å². The highest BCUT2D eigenvalue weighted by Gasteiger charge is 2.20. The summed E-state index contributed by atoms with van der Waals surface area (Å²) in [6.07, 6.45) is 5.33. The summed E-state index contributed by atoms with van der Waals surface area (Å²) in [5.74, 6) is 3.63. The van der Waals surface area contributed by atoms with E-state index in [0.29, 0.717) is 6.04 Å². The first-order valence-corrected chi connectivity index (χ1v) is 8.83. The summed E-state index contributed by atoms with van der Waals surface area (Å²) < 4.78 is 0. The normalized spacial score (nSPS) is 18.4. The molecule has 0 aliphatic carbocycles. The van der Waals surface area contributed by atoms with E-state index in [1.165, 1.54) is 48.3 Å². The average molecular weight is 277 g/mol. The van der Waals surface area contributed by atoms with E-state index < -0.39 is 0 Å². The molecule has 1 nitrogen and oxygen atoms in total. The molecule has 0 bridgehead atoms. The number of thioether (sulfide) groups is 1. The SMILES string of the molecule is CCCNC(CC1CCSCC1)c1ccccc1C. The fraction of sp³-hybridized carbons (Fsp3) is 0.647. The molecule has 1 aliphatic heterocycles. The summed E-state index contributed by atoms with van der Waals surface area (Å²) in [5.41, 5.74) is 2.94. The molecule has 1 fully saturated rings. The van der Waals surface area contributed by atoms with Crippen LogP contribution in [0.25, 0.3) is 0 Å². The Kier molecular flexibility index (Phi) is 6.25. The predicted octanol–water partition coefficient (Wildman–Crippen LogP) is 4.57. The third-order valence-electron chi connectivity index (χ3n) is 4.11. The number of benzene rings is 1. The number of nitrogens with one attached hydrogen (secondary N) is 1. The summed E-state index contributed by atoms with van der Waals surface area (Å²) >= 11 is 2.12. The Morgan fingerprint density at radius 1 is 1.26 bits per heavy atom. The zero-order valence-corrected chi connectivity index (χ0v) is 13.1. The monoisotopic (exact) mass is 277 g/mol. The molecule has 1 N–H and O–H groups in total. The van der Waals surface area contributed by atoms with Gasteiger partial charge in [-0.15, -0.1) is 0 Å². The van der Waals surface area contributed by atoms with Crippen LogP contribution in [-0.2, 0) is 0 Å². The first kappa shape index (κ1) is 14.9. The fourth-order valence-electron chi connectivity index (χ4n) is 2.93. The summed E-state index contributed by atoms with van der Waals surface area (Å²) in [7, 11) is 0. The Morgan fingerprint density at radius 2 is 2.00 bits per heavy atom. The quantitative estimate of drug-likeness (QED) is 0.817. The fourth-order valence-corrected chi connectivity index (χ4v) is 4.14. The lowest BCUT2D eigenvalue weighted by Crippen LogP contribution is -2.26. The third kappa shape index (κ3) is 4.54. The summed E-state index contributed by atoms with van der Waals surface area (Å²) in [6, 6.07) is 9.42. The zero-order valence-electron chi connectivity index (χ0n) is 12.3. The van der Waals surface area contributed by atoms with E-state index in [2.05, 4.69) is 55.2 Å². The molecule has 19 heavy (non-hydrogen) atoms. The first-order chi connectivity index (χ1) is 9.31. The minimum absolute atomic E-state index is 0.550. The maximum atomic E-state index is 3.77. The minimum Gasteiger partial charge on any atom is -0.310 e. The molecule has 106 valence electrons. The second-order valence-corrected chi connectivity index (χ2v) is 6.88. The van der Waals surface area contributed by atoms with E-state index in [0.717, 1.165) is 12.5 Å². The van der Waals surface area contributed by atoms with Crippen molar-refractivity contribution in [3.8, 4) is 0 Å². The van der Waals surface area contributed by atoms with Gasteiger partial charge in [0.2, 0.25) is 0 Å². The van der Waals surface area contributed by atoms with Gasteiger partial charge in [-0.1, -0.05) is 31.2 Å². The molecule has 0 saturated carbocycles. The van der Waals surface area contributed by atoms with Crippen LogP contribution in [0.1, 0.15) is 49.8 Å². The van der Waals surface area contributed by atoms with Crippen LogP contribution in [-0.4, -0.2) is 18.1 Å². The number of rotatable bonds is 6. The Balaban J connectivity index is 2.04. The van der Waals surface area contributed by atoms with Crippen LogP contribution >= 0.6 is 11.8 Å². The van der Waals surface area contributed by atoms with E-state index in [1.807, 2.05) is 0 Å². The van der Waals surface area contributed by atoms with E-state index in [4.69, 9.17) is 0 Å². The van der Waals surface area contributed by atoms with Crippen LogP contribution in [0, 0.1) is 12.8 Å². The molecule has 1 saturated heterocycles. The van der Waals surface area contributed by atoms with Gasteiger partial charge in [0.15, 0.2) is 0 Å². The highest BCUT2D eigenvalue weighted by Crippen LogP contribution is 2.32. The molecule has 1 heterocycles. The summed E-state index contributed by atoms with van der Waals surface area (Å²) in [5, 5.41) is 3.77. The highest BCUT2D eigenvalue weighted by molar-refractivity contribution is 7.99. The molecule has 1 aliphatic rings. The van der Waals surface area contributed by atoms with Crippen molar-refractivity contribution >= 4 is 11.8 Å². The van der Waals surface area contributed by atoms with E-state index in [1.54, 1.807) is 0 Å². The lowest BCUT2D eigenvalue weighted by Gasteiger charge is -2.28. The van der Waals surface area contributed by atoms with Gasteiger partial charge in [-0.25, -0.2) is 0 Å². The van der Waals surface area contributed by atoms with Gasteiger partial charge < -0.3 is 5.32 Å². The van der Waals surface area contributed by atoms with Crippen molar-refractivity contribution in [3.05, 3.63) is 35.4 Å². The van der Waals surface area contributed by atoms with Crippen molar-refractivity contribution in [1.29, 1.82) is 0 Å². The van der Waals surface area contributed by atoms with Crippen molar-refractivity contribution in [2.75, 3.05) is 18.1 Å². The second-order valence-electron chi connectivity index (χ2n) is 5.65. The number of hydrogen-bond donors (Lipinski definition) is 1. The van der Waals surface area contributed by atoms with Crippen LogP contribution in [0.5, 0.6) is 0 Å². The van der Waals surface area contributed by atoms with E-state index in [9.17, 15) is 0 Å². The molecule has 1 atom stereocenters. The Labute approximate surface area is 122 Å². The second kappa shape index (κ2) is 7.96. The minimum atomic E-state index is 0.550. The smallest absolute Gasteiger partial charge is 0.0325 e. The van der Waals surface area contributed by atoms with Gasteiger partial charge in [0.05, 0.1) is 0 Å². The van der Waals surface area contributed by atoms with Crippen molar-refractivity contribution in [2.45, 2.75) is 45.6 Å². The van der Waals surface area contributed by atoms with Crippen molar-refractivity contribution < 1.29 is 0 Å². The van der Waals surface area contributed by atoms with Crippen LogP contribution in [0.15, 0.2) is 24.3 Å². The standard InChI is InChI=1S/C17H27NS/c1-3-10-18-17(13-15-8-11-19-12-9-15)16-7-5-4-6-14(16)2/h4-7,15,17-18H,3,8-13H2,1-2H3. The number of aryl methyl sites for hydroxylation is 1. The van der Waals surface area contributed by atoms with Gasteiger partial charge in [-0.3, -0.25) is 0 Å².